The summed E-state index contributed by atoms with van der Waals surface area (Å²) in [4.78, 5) is 12.8. The van der Waals surface area contributed by atoms with E-state index in [1.54, 1.807) is 54.6 Å². The summed E-state index contributed by atoms with van der Waals surface area (Å²) in [5.74, 6) is 0.0161. The van der Waals surface area contributed by atoms with Gasteiger partial charge >= 0.3 is 0 Å². The standard InChI is InChI=1S/C20H24N2O3S.ClH/c21-13-17-8-5-11-19(17)22-20(23)16-7-4-6-15(12-16)14-26(24,25)18-9-2-1-3-10-18;/h1-4,6-7,9-10,12,17,19H,5,8,11,13-14,21H2,(H,22,23);1H. The molecule has 3 rings (SSSR count). The Morgan fingerprint density at radius 2 is 1.81 bits per heavy atom. The van der Waals surface area contributed by atoms with Gasteiger partial charge in [-0.1, -0.05) is 36.8 Å². The predicted octanol–water partition coefficient (Wildman–Crippen LogP) is 2.94. The molecule has 1 aliphatic rings. The fraction of sp³-hybridized carbons (Fsp3) is 0.350. The van der Waals surface area contributed by atoms with E-state index in [-0.39, 0.29) is 35.0 Å². The van der Waals surface area contributed by atoms with Crippen LogP contribution in [0.4, 0.5) is 0 Å². The van der Waals surface area contributed by atoms with Crippen molar-refractivity contribution in [3.8, 4) is 0 Å². The van der Waals surface area contributed by atoms with Crippen LogP contribution in [-0.4, -0.2) is 26.9 Å². The Morgan fingerprint density at radius 3 is 2.52 bits per heavy atom. The molecule has 2 unspecified atom stereocenters. The van der Waals surface area contributed by atoms with Gasteiger partial charge in [0.15, 0.2) is 9.84 Å². The zero-order valence-corrected chi connectivity index (χ0v) is 16.6. The van der Waals surface area contributed by atoms with Crippen LogP contribution >= 0.6 is 12.4 Å². The van der Waals surface area contributed by atoms with Crippen LogP contribution in [0, 0.1) is 5.92 Å². The molecular formula is C20H25ClN2O3S. The molecule has 1 saturated carbocycles. The summed E-state index contributed by atoms with van der Waals surface area (Å²) in [5, 5.41) is 3.05. The Kier molecular flexibility index (Phi) is 7.41. The minimum atomic E-state index is -3.44. The van der Waals surface area contributed by atoms with E-state index in [1.807, 2.05) is 0 Å². The lowest BCUT2D eigenvalue weighted by Gasteiger charge is -2.19. The summed E-state index contributed by atoms with van der Waals surface area (Å²) >= 11 is 0. The van der Waals surface area contributed by atoms with Crippen molar-refractivity contribution >= 4 is 28.2 Å². The van der Waals surface area contributed by atoms with E-state index < -0.39 is 9.84 Å². The van der Waals surface area contributed by atoms with Crippen molar-refractivity contribution < 1.29 is 13.2 Å². The van der Waals surface area contributed by atoms with E-state index in [0.717, 1.165) is 19.3 Å². The molecule has 1 fully saturated rings. The molecule has 5 nitrogen and oxygen atoms in total. The second-order valence-electron chi connectivity index (χ2n) is 6.78. The summed E-state index contributed by atoms with van der Waals surface area (Å²) in [5.41, 5.74) is 6.85. The number of amides is 1. The van der Waals surface area contributed by atoms with Gasteiger partial charge in [0.1, 0.15) is 0 Å². The van der Waals surface area contributed by atoms with Gasteiger partial charge in [0.05, 0.1) is 10.6 Å². The highest BCUT2D eigenvalue weighted by Gasteiger charge is 2.27. The molecule has 0 bridgehead atoms. The van der Waals surface area contributed by atoms with Gasteiger partial charge in [-0.25, -0.2) is 8.42 Å². The van der Waals surface area contributed by atoms with E-state index >= 15 is 0 Å². The average molecular weight is 409 g/mol. The summed E-state index contributed by atoms with van der Waals surface area (Å²) in [7, 11) is -3.44. The first-order valence-corrected chi connectivity index (χ1v) is 10.5. The lowest BCUT2D eigenvalue weighted by Crippen LogP contribution is -2.39. The average Bonchev–Trinajstić information content (AvgIpc) is 3.09. The minimum Gasteiger partial charge on any atom is -0.349 e. The van der Waals surface area contributed by atoms with Gasteiger partial charge in [-0.15, -0.1) is 12.4 Å². The fourth-order valence-corrected chi connectivity index (χ4v) is 4.85. The van der Waals surface area contributed by atoms with Gasteiger partial charge in [0, 0.05) is 11.6 Å². The van der Waals surface area contributed by atoms with Gasteiger partial charge in [-0.2, -0.15) is 0 Å². The third-order valence-electron chi connectivity index (χ3n) is 4.93. The summed E-state index contributed by atoms with van der Waals surface area (Å²) in [6.45, 7) is 0.570. The topological polar surface area (TPSA) is 89.3 Å². The lowest BCUT2D eigenvalue weighted by atomic mass is 10.0. The van der Waals surface area contributed by atoms with E-state index in [1.165, 1.54) is 0 Å². The van der Waals surface area contributed by atoms with Crippen molar-refractivity contribution in [1.29, 1.82) is 0 Å². The molecule has 0 aliphatic heterocycles. The van der Waals surface area contributed by atoms with Crippen molar-refractivity contribution in [2.24, 2.45) is 11.7 Å². The fourth-order valence-electron chi connectivity index (χ4n) is 3.49. The van der Waals surface area contributed by atoms with Crippen molar-refractivity contribution in [3.63, 3.8) is 0 Å². The predicted molar refractivity (Wildman–Crippen MR) is 109 cm³/mol. The summed E-state index contributed by atoms with van der Waals surface area (Å²) < 4.78 is 25.1. The van der Waals surface area contributed by atoms with Gasteiger partial charge in [0.25, 0.3) is 5.91 Å². The second-order valence-corrected chi connectivity index (χ2v) is 8.77. The van der Waals surface area contributed by atoms with Gasteiger partial charge < -0.3 is 11.1 Å². The number of halogens is 1. The first-order valence-electron chi connectivity index (χ1n) is 8.87. The Morgan fingerprint density at radius 1 is 1.07 bits per heavy atom. The maximum atomic E-state index is 12.5. The highest BCUT2D eigenvalue weighted by atomic mass is 35.5. The largest absolute Gasteiger partial charge is 0.349 e. The number of rotatable bonds is 6. The first kappa shape index (κ1) is 21.4. The van der Waals surface area contributed by atoms with E-state index in [9.17, 15) is 13.2 Å². The van der Waals surface area contributed by atoms with Crippen LogP contribution in [0.3, 0.4) is 0 Å². The van der Waals surface area contributed by atoms with Crippen LogP contribution < -0.4 is 11.1 Å². The van der Waals surface area contributed by atoms with Gasteiger partial charge in [-0.05, 0) is 55.1 Å². The molecule has 0 radical (unpaired) electrons. The number of carbonyl (C=O) groups excluding carboxylic acids is 1. The Bertz CT molecular complexity index is 872. The van der Waals surface area contributed by atoms with E-state index in [4.69, 9.17) is 5.73 Å². The highest BCUT2D eigenvalue weighted by molar-refractivity contribution is 7.90. The molecule has 2 aromatic carbocycles. The molecule has 7 heteroatoms. The smallest absolute Gasteiger partial charge is 0.251 e. The highest BCUT2D eigenvalue weighted by Crippen LogP contribution is 2.25. The molecule has 2 aromatic rings. The molecule has 1 aliphatic carbocycles. The van der Waals surface area contributed by atoms with Crippen LogP contribution in [0.25, 0.3) is 0 Å². The zero-order valence-electron chi connectivity index (χ0n) is 15.0. The maximum Gasteiger partial charge on any atom is 0.251 e. The van der Waals surface area contributed by atoms with Crippen molar-refractivity contribution in [2.45, 2.75) is 36.0 Å². The monoisotopic (exact) mass is 408 g/mol. The molecule has 0 saturated heterocycles. The molecule has 1 amide bonds. The van der Waals surface area contributed by atoms with Crippen LogP contribution in [0.2, 0.25) is 0 Å². The molecule has 0 aromatic heterocycles. The van der Waals surface area contributed by atoms with Crippen molar-refractivity contribution in [3.05, 3.63) is 65.7 Å². The number of hydrogen-bond acceptors (Lipinski definition) is 4. The molecule has 0 heterocycles. The lowest BCUT2D eigenvalue weighted by molar-refractivity contribution is 0.0928. The number of hydrogen-bond donors (Lipinski definition) is 2. The molecule has 3 N–H and O–H groups in total. The van der Waals surface area contributed by atoms with Crippen LogP contribution in [-0.2, 0) is 15.6 Å². The Labute approximate surface area is 166 Å². The summed E-state index contributed by atoms with van der Waals surface area (Å²) in [6, 6.07) is 15.3. The van der Waals surface area contributed by atoms with E-state index in [0.29, 0.717) is 23.6 Å². The van der Waals surface area contributed by atoms with Crippen molar-refractivity contribution in [2.75, 3.05) is 6.54 Å². The molecule has 27 heavy (non-hydrogen) atoms. The number of nitrogens with one attached hydrogen (secondary N) is 1. The number of benzene rings is 2. The quantitative estimate of drug-likeness (QED) is 0.768. The SMILES string of the molecule is Cl.NCC1CCCC1NC(=O)c1cccc(CS(=O)(=O)c2ccccc2)c1. The van der Waals surface area contributed by atoms with Crippen LogP contribution in [0.1, 0.15) is 35.2 Å². The minimum absolute atomic E-state index is 0. The van der Waals surface area contributed by atoms with Gasteiger partial charge in [0.2, 0.25) is 0 Å². The third kappa shape index (κ3) is 5.31. The number of carbonyl (C=O) groups is 1. The Hall–Kier alpha value is -1.89. The normalized spacial score (nSPS) is 19.3. The van der Waals surface area contributed by atoms with Crippen LogP contribution in [0.15, 0.2) is 59.5 Å². The molecule has 2 atom stereocenters. The molecular weight excluding hydrogens is 384 g/mol. The van der Waals surface area contributed by atoms with E-state index in [2.05, 4.69) is 5.32 Å². The number of nitrogens with two attached hydrogens (primary N) is 1. The van der Waals surface area contributed by atoms with Crippen molar-refractivity contribution in [1.82, 2.24) is 5.32 Å². The molecule has 0 spiro atoms. The molecule has 146 valence electrons. The van der Waals surface area contributed by atoms with Gasteiger partial charge in [-0.3, -0.25) is 4.79 Å². The zero-order chi connectivity index (χ0) is 18.6. The second kappa shape index (κ2) is 9.35. The summed E-state index contributed by atoms with van der Waals surface area (Å²) in [6.07, 6.45) is 3.05. The third-order valence-corrected chi connectivity index (χ3v) is 6.63. The maximum absolute atomic E-state index is 12.5. The number of sulfone groups is 1. The Balaban J connectivity index is 0.00000261. The first-order chi connectivity index (χ1) is 12.5. The van der Waals surface area contributed by atoms with Crippen LogP contribution in [0.5, 0.6) is 0 Å².